The van der Waals surface area contributed by atoms with E-state index in [1.54, 1.807) is 19.0 Å². The quantitative estimate of drug-likeness (QED) is 0.672. The number of hydrogen-bond donors (Lipinski definition) is 0. The predicted molar refractivity (Wildman–Crippen MR) is 58.8 cm³/mol. The van der Waals surface area contributed by atoms with Crippen molar-refractivity contribution in [2.24, 2.45) is 0 Å². The minimum Gasteiger partial charge on any atom is -0.347 e. The van der Waals surface area contributed by atoms with E-state index in [1.807, 2.05) is 0 Å². The standard InChI is InChI=1S/C10H17ClN2O2/c1-12(2)10(15)8-4-3-7-13(8)9(14)5-6-11/h8H,3-7H2,1-2H3. The van der Waals surface area contributed by atoms with Crippen LogP contribution in [0.25, 0.3) is 0 Å². The first-order valence-corrected chi connectivity index (χ1v) is 5.68. The van der Waals surface area contributed by atoms with Gasteiger partial charge in [0.05, 0.1) is 0 Å². The molecule has 0 aliphatic carbocycles. The van der Waals surface area contributed by atoms with Crippen molar-refractivity contribution in [2.45, 2.75) is 25.3 Å². The summed E-state index contributed by atoms with van der Waals surface area (Å²) in [7, 11) is 3.43. The maximum absolute atomic E-state index is 11.8. The molecule has 1 unspecified atom stereocenters. The Balaban J connectivity index is 2.64. The van der Waals surface area contributed by atoms with Crippen LogP contribution in [0.5, 0.6) is 0 Å². The zero-order chi connectivity index (χ0) is 11.4. The largest absolute Gasteiger partial charge is 0.347 e. The molecule has 1 rings (SSSR count). The van der Waals surface area contributed by atoms with Crippen LogP contribution >= 0.6 is 11.6 Å². The van der Waals surface area contributed by atoms with Crippen molar-refractivity contribution >= 4 is 23.4 Å². The summed E-state index contributed by atoms with van der Waals surface area (Å²) in [6.07, 6.45) is 1.99. The number of amides is 2. The molecule has 86 valence electrons. The van der Waals surface area contributed by atoms with E-state index >= 15 is 0 Å². The monoisotopic (exact) mass is 232 g/mol. The van der Waals surface area contributed by atoms with Crippen LogP contribution in [-0.4, -0.2) is 54.2 Å². The Bertz CT molecular complexity index is 256. The number of carbonyl (C=O) groups is 2. The first-order valence-electron chi connectivity index (χ1n) is 5.14. The molecule has 0 aromatic heterocycles. The van der Waals surface area contributed by atoms with Crippen molar-refractivity contribution < 1.29 is 9.59 Å². The van der Waals surface area contributed by atoms with Gasteiger partial charge in [-0.05, 0) is 12.8 Å². The summed E-state index contributed by atoms with van der Waals surface area (Å²) in [6, 6.07) is -0.268. The molecule has 1 atom stereocenters. The smallest absolute Gasteiger partial charge is 0.244 e. The molecule has 0 saturated carbocycles. The lowest BCUT2D eigenvalue weighted by molar-refractivity contribution is -0.142. The third kappa shape index (κ3) is 2.84. The molecule has 0 bridgehead atoms. The summed E-state index contributed by atoms with van der Waals surface area (Å²) in [6.45, 7) is 0.681. The van der Waals surface area contributed by atoms with E-state index in [2.05, 4.69) is 0 Å². The van der Waals surface area contributed by atoms with Gasteiger partial charge in [-0.15, -0.1) is 11.6 Å². The van der Waals surface area contributed by atoms with Crippen molar-refractivity contribution in [1.82, 2.24) is 9.80 Å². The lowest BCUT2D eigenvalue weighted by Gasteiger charge is -2.26. The summed E-state index contributed by atoms with van der Waals surface area (Å²) in [4.78, 5) is 26.6. The van der Waals surface area contributed by atoms with Crippen LogP contribution in [-0.2, 0) is 9.59 Å². The average molecular weight is 233 g/mol. The highest BCUT2D eigenvalue weighted by Gasteiger charge is 2.34. The number of rotatable bonds is 3. The van der Waals surface area contributed by atoms with Gasteiger partial charge in [-0.1, -0.05) is 0 Å². The van der Waals surface area contributed by atoms with E-state index < -0.39 is 0 Å². The predicted octanol–water partition coefficient (Wildman–Crippen LogP) is 0.694. The second-order valence-corrected chi connectivity index (χ2v) is 4.29. The molecule has 1 heterocycles. The molecule has 1 aliphatic rings. The summed E-state index contributed by atoms with van der Waals surface area (Å²) in [5.41, 5.74) is 0. The van der Waals surface area contributed by atoms with Gasteiger partial charge >= 0.3 is 0 Å². The zero-order valence-corrected chi connectivity index (χ0v) is 9.96. The van der Waals surface area contributed by atoms with Gasteiger partial charge in [-0.25, -0.2) is 0 Å². The average Bonchev–Trinajstić information content (AvgIpc) is 2.65. The molecular weight excluding hydrogens is 216 g/mol. The SMILES string of the molecule is CN(C)C(=O)C1CCCN1C(=O)CCCl. The summed E-state index contributed by atoms with van der Waals surface area (Å²) < 4.78 is 0. The van der Waals surface area contributed by atoms with Crippen molar-refractivity contribution in [2.75, 3.05) is 26.5 Å². The Morgan fingerprint density at radius 2 is 2.13 bits per heavy atom. The summed E-state index contributed by atoms with van der Waals surface area (Å²) in [5.74, 6) is 0.316. The van der Waals surface area contributed by atoms with Gasteiger partial charge < -0.3 is 9.80 Å². The Hall–Kier alpha value is -0.770. The fraction of sp³-hybridized carbons (Fsp3) is 0.800. The molecule has 1 aliphatic heterocycles. The van der Waals surface area contributed by atoms with E-state index in [1.165, 1.54) is 4.90 Å². The molecule has 0 radical (unpaired) electrons. The van der Waals surface area contributed by atoms with E-state index in [4.69, 9.17) is 11.6 Å². The highest BCUT2D eigenvalue weighted by atomic mass is 35.5. The second-order valence-electron chi connectivity index (χ2n) is 3.92. The molecule has 4 nitrogen and oxygen atoms in total. The van der Waals surface area contributed by atoms with E-state index in [0.717, 1.165) is 12.8 Å². The van der Waals surface area contributed by atoms with Crippen LogP contribution in [0.4, 0.5) is 0 Å². The fourth-order valence-corrected chi connectivity index (χ4v) is 2.01. The Labute approximate surface area is 95.2 Å². The molecule has 1 fully saturated rings. The zero-order valence-electron chi connectivity index (χ0n) is 9.20. The highest BCUT2D eigenvalue weighted by molar-refractivity contribution is 6.19. The lowest BCUT2D eigenvalue weighted by Crippen LogP contribution is -2.45. The topological polar surface area (TPSA) is 40.6 Å². The Morgan fingerprint density at radius 1 is 1.47 bits per heavy atom. The number of likely N-dealkylation sites (N-methyl/N-ethyl adjacent to an activating group) is 1. The van der Waals surface area contributed by atoms with Crippen LogP contribution in [0.15, 0.2) is 0 Å². The van der Waals surface area contributed by atoms with Gasteiger partial charge in [0.25, 0.3) is 0 Å². The van der Waals surface area contributed by atoms with E-state index in [9.17, 15) is 9.59 Å². The highest BCUT2D eigenvalue weighted by Crippen LogP contribution is 2.19. The molecule has 1 saturated heterocycles. The van der Waals surface area contributed by atoms with Crippen LogP contribution in [0.2, 0.25) is 0 Å². The maximum Gasteiger partial charge on any atom is 0.244 e. The minimum absolute atomic E-state index is 0.00965. The second kappa shape index (κ2) is 5.35. The number of hydrogen-bond acceptors (Lipinski definition) is 2. The minimum atomic E-state index is -0.268. The number of alkyl halides is 1. The Morgan fingerprint density at radius 3 is 2.67 bits per heavy atom. The van der Waals surface area contributed by atoms with Gasteiger partial charge in [-0.3, -0.25) is 9.59 Å². The number of likely N-dealkylation sites (tertiary alicyclic amines) is 1. The molecule has 0 aromatic carbocycles. The van der Waals surface area contributed by atoms with Crippen molar-refractivity contribution in [1.29, 1.82) is 0 Å². The summed E-state index contributed by atoms with van der Waals surface area (Å²) in [5, 5.41) is 0. The first kappa shape index (κ1) is 12.3. The number of carbonyl (C=O) groups excluding carboxylic acids is 2. The van der Waals surface area contributed by atoms with Gasteiger partial charge in [-0.2, -0.15) is 0 Å². The molecule has 0 N–H and O–H groups in total. The van der Waals surface area contributed by atoms with E-state index in [0.29, 0.717) is 18.8 Å². The summed E-state index contributed by atoms with van der Waals surface area (Å²) >= 11 is 5.52. The van der Waals surface area contributed by atoms with Gasteiger partial charge in [0.2, 0.25) is 11.8 Å². The van der Waals surface area contributed by atoms with Gasteiger partial charge in [0.15, 0.2) is 0 Å². The van der Waals surface area contributed by atoms with Crippen LogP contribution < -0.4 is 0 Å². The van der Waals surface area contributed by atoms with Crippen molar-refractivity contribution in [3.05, 3.63) is 0 Å². The van der Waals surface area contributed by atoms with Crippen LogP contribution in [0.1, 0.15) is 19.3 Å². The van der Waals surface area contributed by atoms with Crippen LogP contribution in [0.3, 0.4) is 0 Å². The van der Waals surface area contributed by atoms with Crippen LogP contribution in [0, 0.1) is 0 Å². The normalized spacial score (nSPS) is 20.5. The molecular formula is C10H17ClN2O2. The molecule has 2 amide bonds. The van der Waals surface area contributed by atoms with Gasteiger partial charge in [0.1, 0.15) is 6.04 Å². The van der Waals surface area contributed by atoms with Crippen molar-refractivity contribution in [3.63, 3.8) is 0 Å². The fourth-order valence-electron chi connectivity index (χ4n) is 1.84. The first-order chi connectivity index (χ1) is 7.07. The lowest BCUT2D eigenvalue weighted by atomic mass is 10.2. The molecule has 0 aromatic rings. The Kier molecular flexibility index (Phi) is 4.39. The number of nitrogens with zero attached hydrogens (tertiary/aromatic N) is 2. The third-order valence-corrected chi connectivity index (χ3v) is 2.80. The number of halogens is 1. The maximum atomic E-state index is 11.8. The van der Waals surface area contributed by atoms with Gasteiger partial charge in [0, 0.05) is 32.9 Å². The van der Waals surface area contributed by atoms with E-state index in [-0.39, 0.29) is 17.9 Å². The molecule has 0 spiro atoms. The molecule has 15 heavy (non-hydrogen) atoms. The molecule has 5 heteroatoms. The third-order valence-electron chi connectivity index (χ3n) is 2.61. The van der Waals surface area contributed by atoms with Crippen molar-refractivity contribution in [3.8, 4) is 0 Å².